The van der Waals surface area contributed by atoms with Crippen molar-refractivity contribution in [2.45, 2.75) is 77.5 Å². The van der Waals surface area contributed by atoms with Crippen molar-refractivity contribution < 1.29 is 4.74 Å². The fraction of sp³-hybridized carbons (Fsp3) is 1.00. The third-order valence-electron chi connectivity index (χ3n) is 5.46. The van der Waals surface area contributed by atoms with Gasteiger partial charge in [0.25, 0.3) is 0 Å². The maximum absolute atomic E-state index is 6.44. The van der Waals surface area contributed by atoms with Gasteiger partial charge in [-0.3, -0.25) is 0 Å². The molecule has 2 aliphatic carbocycles. The largest absolute Gasteiger partial charge is 0.374 e. The summed E-state index contributed by atoms with van der Waals surface area (Å²) >= 11 is 0. The summed E-state index contributed by atoms with van der Waals surface area (Å²) in [6, 6.07) is 0.649. The van der Waals surface area contributed by atoms with E-state index in [9.17, 15) is 0 Å². The molecule has 1 N–H and O–H groups in total. The first-order valence-electron chi connectivity index (χ1n) is 7.44. The molecule has 0 radical (unpaired) electrons. The average molecular weight is 239 g/mol. The number of hydrogen-bond acceptors (Lipinski definition) is 2. The highest BCUT2D eigenvalue weighted by molar-refractivity contribution is 5.04. The van der Waals surface area contributed by atoms with Crippen molar-refractivity contribution in [3.63, 3.8) is 0 Å². The van der Waals surface area contributed by atoms with E-state index in [1.165, 1.54) is 38.5 Å². The Balaban J connectivity index is 1.91. The molecular weight excluding hydrogens is 210 g/mol. The second-order valence-corrected chi connectivity index (χ2v) is 6.36. The van der Waals surface area contributed by atoms with E-state index in [2.05, 4.69) is 33.1 Å². The first kappa shape index (κ1) is 13.4. The molecule has 17 heavy (non-hydrogen) atoms. The molecule has 0 bridgehead atoms. The van der Waals surface area contributed by atoms with Crippen LogP contribution in [0.4, 0.5) is 0 Å². The monoisotopic (exact) mass is 239 g/mol. The van der Waals surface area contributed by atoms with Crippen LogP contribution in [0.1, 0.15) is 59.3 Å². The number of rotatable bonds is 4. The standard InChI is InChI=1S/C15H29NO/c1-5-15(3)13(16-4)10-14(15)17-12-9-7-6-8-11(12)2/h11-14,16H,5-10H2,1-4H3. The molecule has 0 amide bonds. The fourth-order valence-corrected chi connectivity index (χ4v) is 3.64. The van der Waals surface area contributed by atoms with Crippen LogP contribution in [0.15, 0.2) is 0 Å². The van der Waals surface area contributed by atoms with Crippen LogP contribution in [0, 0.1) is 11.3 Å². The summed E-state index contributed by atoms with van der Waals surface area (Å²) < 4.78 is 6.44. The molecule has 0 aromatic carbocycles. The molecule has 0 spiro atoms. The summed E-state index contributed by atoms with van der Waals surface area (Å²) in [5.74, 6) is 0.762. The maximum Gasteiger partial charge on any atom is 0.0662 e. The first-order valence-corrected chi connectivity index (χ1v) is 7.44. The van der Waals surface area contributed by atoms with Crippen molar-refractivity contribution in [2.75, 3.05) is 7.05 Å². The second-order valence-electron chi connectivity index (χ2n) is 6.36. The highest BCUT2D eigenvalue weighted by Gasteiger charge is 2.51. The lowest BCUT2D eigenvalue weighted by atomic mass is 9.61. The van der Waals surface area contributed by atoms with Gasteiger partial charge in [-0.05, 0) is 38.6 Å². The summed E-state index contributed by atoms with van der Waals surface area (Å²) in [6.07, 6.45) is 8.81. The topological polar surface area (TPSA) is 21.3 Å². The van der Waals surface area contributed by atoms with Gasteiger partial charge in [0.2, 0.25) is 0 Å². The summed E-state index contributed by atoms with van der Waals surface area (Å²) in [5.41, 5.74) is 0.353. The molecule has 0 heterocycles. The zero-order valence-corrected chi connectivity index (χ0v) is 12.0. The van der Waals surface area contributed by atoms with Crippen molar-refractivity contribution in [2.24, 2.45) is 11.3 Å². The van der Waals surface area contributed by atoms with E-state index in [-0.39, 0.29) is 0 Å². The minimum absolute atomic E-state index is 0.353. The van der Waals surface area contributed by atoms with Crippen LogP contribution in [-0.2, 0) is 4.74 Å². The Hall–Kier alpha value is -0.0800. The number of hydrogen-bond donors (Lipinski definition) is 1. The molecule has 2 aliphatic rings. The third-order valence-corrected chi connectivity index (χ3v) is 5.46. The van der Waals surface area contributed by atoms with Crippen molar-refractivity contribution in [3.8, 4) is 0 Å². The van der Waals surface area contributed by atoms with E-state index in [1.807, 2.05) is 0 Å². The Morgan fingerprint density at radius 1 is 1.29 bits per heavy atom. The Bertz CT molecular complexity index is 255. The summed E-state index contributed by atoms with van der Waals surface area (Å²) in [7, 11) is 2.08. The minimum Gasteiger partial charge on any atom is -0.374 e. The van der Waals surface area contributed by atoms with E-state index in [0.29, 0.717) is 23.7 Å². The number of nitrogens with one attached hydrogen (secondary N) is 1. The summed E-state index contributed by atoms with van der Waals surface area (Å²) in [5, 5.41) is 3.44. The third kappa shape index (κ3) is 2.39. The van der Waals surface area contributed by atoms with Crippen molar-refractivity contribution >= 4 is 0 Å². The molecule has 2 fully saturated rings. The van der Waals surface area contributed by atoms with Crippen LogP contribution in [-0.4, -0.2) is 25.3 Å². The lowest BCUT2D eigenvalue weighted by molar-refractivity contribution is -0.172. The van der Waals surface area contributed by atoms with E-state index in [4.69, 9.17) is 4.74 Å². The SMILES string of the molecule is CCC1(C)C(NC)CC1OC1CCCCC1C. The summed E-state index contributed by atoms with van der Waals surface area (Å²) in [4.78, 5) is 0. The molecule has 2 heteroatoms. The molecule has 5 atom stereocenters. The van der Waals surface area contributed by atoms with Crippen LogP contribution in [0.25, 0.3) is 0 Å². The lowest BCUT2D eigenvalue weighted by Crippen LogP contribution is -2.62. The van der Waals surface area contributed by atoms with Crippen molar-refractivity contribution in [1.29, 1.82) is 0 Å². The fourth-order valence-electron chi connectivity index (χ4n) is 3.64. The molecule has 100 valence electrons. The predicted molar refractivity (Wildman–Crippen MR) is 72.2 cm³/mol. The molecule has 2 rings (SSSR count). The molecule has 0 aliphatic heterocycles. The molecule has 2 saturated carbocycles. The highest BCUT2D eigenvalue weighted by Crippen LogP contribution is 2.47. The van der Waals surface area contributed by atoms with Crippen LogP contribution in [0.5, 0.6) is 0 Å². The first-order chi connectivity index (χ1) is 8.11. The van der Waals surface area contributed by atoms with Gasteiger partial charge in [0, 0.05) is 11.5 Å². The quantitative estimate of drug-likeness (QED) is 0.812. The Kier molecular flexibility index (Phi) is 4.14. The highest BCUT2D eigenvalue weighted by atomic mass is 16.5. The zero-order valence-electron chi connectivity index (χ0n) is 12.0. The predicted octanol–water partition coefficient (Wildman–Crippen LogP) is 3.36. The van der Waals surface area contributed by atoms with E-state index in [0.717, 1.165) is 5.92 Å². The molecule has 5 unspecified atom stereocenters. The van der Waals surface area contributed by atoms with Crippen LogP contribution in [0.3, 0.4) is 0 Å². The molecule has 0 aromatic rings. The molecular formula is C15H29NO. The molecule has 0 aromatic heterocycles. The van der Waals surface area contributed by atoms with Gasteiger partial charge in [0.15, 0.2) is 0 Å². The maximum atomic E-state index is 6.44. The van der Waals surface area contributed by atoms with Crippen LogP contribution in [0.2, 0.25) is 0 Å². The van der Waals surface area contributed by atoms with Gasteiger partial charge < -0.3 is 10.1 Å². The second kappa shape index (κ2) is 5.27. The molecule has 0 saturated heterocycles. The summed E-state index contributed by atoms with van der Waals surface area (Å²) in [6.45, 7) is 7.04. The van der Waals surface area contributed by atoms with Crippen molar-refractivity contribution in [3.05, 3.63) is 0 Å². The minimum atomic E-state index is 0.353. The van der Waals surface area contributed by atoms with Crippen molar-refractivity contribution in [1.82, 2.24) is 5.32 Å². The average Bonchev–Trinajstić information content (AvgIpc) is 2.34. The van der Waals surface area contributed by atoms with Crippen LogP contribution >= 0.6 is 0 Å². The lowest BCUT2D eigenvalue weighted by Gasteiger charge is -2.55. The molecule has 2 nitrogen and oxygen atoms in total. The van der Waals surface area contributed by atoms with Crippen LogP contribution < -0.4 is 5.32 Å². The van der Waals surface area contributed by atoms with Gasteiger partial charge in [-0.1, -0.05) is 33.6 Å². The smallest absolute Gasteiger partial charge is 0.0662 e. The van der Waals surface area contributed by atoms with Gasteiger partial charge in [-0.15, -0.1) is 0 Å². The normalized spacial score (nSPS) is 46.6. The van der Waals surface area contributed by atoms with Gasteiger partial charge in [0.1, 0.15) is 0 Å². The Morgan fingerprint density at radius 2 is 2.00 bits per heavy atom. The van der Waals surface area contributed by atoms with Gasteiger partial charge >= 0.3 is 0 Å². The number of ether oxygens (including phenoxy) is 1. The Labute approximate surface area is 107 Å². The van der Waals surface area contributed by atoms with E-state index < -0.39 is 0 Å². The van der Waals surface area contributed by atoms with Gasteiger partial charge in [-0.2, -0.15) is 0 Å². The van der Waals surface area contributed by atoms with E-state index in [1.54, 1.807) is 0 Å². The zero-order chi connectivity index (χ0) is 12.5. The van der Waals surface area contributed by atoms with Gasteiger partial charge in [0.05, 0.1) is 12.2 Å². The van der Waals surface area contributed by atoms with E-state index >= 15 is 0 Å². The Morgan fingerprint density at radius 3 is 2.59 bits per heavy atom. The van der Waals surface area contributed by atoms with Gasteiger partial charge in [-0.25, -0.2) is 0 Å².